The summed E-state index contributed by atoms with van der Waals surface area (Å²) in [5, 5.41) is 0. The molecule has 0 heterocycles. The van der Waals surface area contributed by atoms with Crippen LogP contribution in [0.25, 0.3) is 0 Å². The topological polar surface area (TPSA) is 85.3 Å². The molecule has 26 heavy (non-hydrogen) atoms. The summed E-state index contributed by atoms with van der Waals surface area (Å²) in [6.07, 6.45) is 2.42. The minimum absolute atomic E-state index is 0.0242. The lowest BCUT2D eigenvalue weighted by Gasteiger charge is -2.50. The first-order chi connectivity index (χ1) is 11.9. The van der Waals surface area contributed by atoms with E-state index in [1.807, 2.05) is 6.92 Å². The first-order valence-corrected chi connectivity index (χ1v) is 9.37. The first-order valence-electron chi connectivity index (χ1n) is 9.37. The molecule has 0 N–H and O–H groups in total. The van der Waals surface area contributed by atoms with Gasteiger partial charge in [0.05, 0.1) is 0 Å². The second-order valence-electron chi connectivity index (χ2n) is 8.06. The van der Waals surface area contributed by atoms with Gasteiger partial charge in [0, 0.05) is 32.1 Å². The van der Waals surface area contributed by atoms with Gasteiger partial charge in [0.1, 0.15) is 28.9 Å². The molecule has 0 unspecified atom stereocenters. The van der Waals surface area contributed by atoms with Crippen LogP contribution in [0, 0.1) is 10.8 Å². The second-order valence-corrected chi connectivity index (χ2v) is 8.06. The van der Waals surface area contributed by atoms with E-state index in [9.17, 15) is 24.0 Å². The van der Waals surface area contributed by atoms with Crippen LogP contribution in [0.5, 0.6) is 0 Å². The molecular weight excluding hydrogens is 332 g/mol. The zero-order valence-corrected chi connectivity index (χ0v) is 17.2. The van der Waals surface area contributed by atoms with E-state index in [4.69, 9.17) is 0 Å². The van der Waals surface area contributed by atoms with E-state index in [0.717, 1.165) is 12.8 Å². The van der Waals surface area contributed by atoms with E-state index in [-0.39, 0.29) is 61.0 Å². The highest BCUT2D eigenvalue weighted by atomic mass is 16.1. The lowest BCUT2D eigenvalue weighted by molar-refractivity contribution is -0.143. The molecular formula is C21H34O5. The molecule has 0 spiro atoms. The maximum Gasteiger partial charge on any atom is 0.130 e. The van der Waals surface area contributed by atoms with Crippen LogP contribution in [0.3, 0.4) is 0 Å². The zero-order chi connectivity index (χ0) is 20.5. The van der Waals surface area contributed by atoms with Gasteiger partial charge in [0.2, 0.25) is 0 Å². The fourth-order valence-electron chi connectivity index (χ4n) is 4.53. The van der Waals surface area contributed by atoms with Crippen molar-refractivity contribution in [2.24, 2.45) is 10.8 Å². The SMILES string of the molecule is CCCCC(CC(C)=O)(CC(C)=O)C(CC(C)=O)(CC(C)=O)CC(C)=O. The fraction of sp³-hybridized carbons (Fsp3) is 0.762. The number of unbranched alkanes of at least 4 members (excludes halogenated alkanes) is 1. The first kappa shape index (κ1) is 24.4. The van der Waals surface area contributed by atoms with Crippen molar-refractivity contribution in [2.75, 3.05) is 0 Å². The molecule has 0 bridgehead atoms. The summed E-state index contributed by atoms with van der Waals surface area (Å²) in [4.78, 5) is 60.6. The molecule has 0 radical (unpaired) electrons. The van der Waals surface area contributed by atoms with E-state index in [1.54, 1.807) is 0 Å². The Hall–Kier alpha value is -1.65. The quantitative estimate of drug-likeness (QED) is 0.463. The predicted molar refractivity (Wildman–Crippen MR) is 101 cm³/mol. The van der Waals surface area contributed by atoms with Gasteiger partial charge < -0.3 is 24.0 Å². The second kappa shape index (κ2) is 10.5. The van der Waals surface area contributed by atoms with E-state index in [1.165, 1.54) is 34.6 Å². The molecule has 0 atom stereocenters. The summed E-state index contributed by atoms with van der Waals surface area (Å²) in [5.41, 5.74) is -1.85. The Kier molecular flexibility index (Phi) is 9.82. The predicted octanol–water partition coefficient (Wildman–Crippen LogP) is 4.04. The Labute approximate surface area is 157 Å². The Morgan fingerprint density at radius 2 is 0.808 bits per heavy atom. The highest BCUT2D eigenvalue weighted by molar-refractivity contribution is 5.86. The number of ketones is 5. The van der Waals surface area contributed by atoms with Gasteiger partial charge in [-0.3, -0.25) is 0 Å². The molecule has 0 aliphatic rings. The van der Waals surface area contributed by atoms with Crippen LogP contribution < -0.4 is 0 Å². The minimum atomic E-state index is -0.997. The van der Waals surface area contributed by atoms with Gasteiger partial charge in [-0.25, -0.2) is 0 Å². The standard InChI is InChI=1S/C21H34O5/c1-7-8-9-20(10-15(2)22,11-16(3)23)21(12-17(4)24,13-18(5)25)14-19(6)26/h7-14H2,1-6H3. The van der Waals surface area contributed by atoms with Gasteiger partial charge in [-0.1, -0.05) is 19.8 Å². The minimum Gasteiger partial charge on any atom is -0.300 e. The van der Waals surface area contributed by atoms with Crippen LogP contribution in [0.1, 0.15) is 92.9 Å². The third-order valence-electron chi connectivity index (χ3n) is 5.07. The van der Waals surface area contributed by atoms with E-state index >= 15 is 0 Å². The van der Waals surface area contributed by atoms with Crippen molar-refractivity contribution in [3.05, 3.63) is 0 Å². The van der Waals surface area contributed by atoms with Crippen LogP contribution in [-0.2, 0) is 24.0 Å². The van der Waals surface area contributed by atoms with Gasteiger partial charge in [0.15, 0.2) is 0 Å². The molecule has 0 aromatic heterocycles. The molecule has 0 aromatic carbocycles. The summed E-state index contributed by atoms with van der Waals surface area (Å²) in [7, 11) is 0. The molecule has 0 aliphatic carbocycles. The number of hydrogen-bond donors (Lipinski definition) is 0. The number of Topliss-reactive ketones (excluding diaryl/α,β-unsaturated/α-hetero) is 5. The van der Waals surface area contributed by atoms with Crippen LogP contribution in [-0.4, -0.2) is 28.9 Å². The zero-order valence-electron chi connectivity index (χ0n) is 17.2. The van der Waals surface area contributed by atoms with Crippen molar-refractivity contribution in [3.63, 3.8) is 0 Å². The van der Waals surface area contributed by atoms with Gasteiger partial charge in [-0.15, -0.1) is 0 Å². The average Bonchev–Trinajstić information content (AvgIpc) is 2.40. The van der Waals surface area contributed by atoms with Crippen molar-refractivity contribution in [1.82, 2.24) is 0 Å². The largest absolute Gasteiger partial charge is 0.300 e. The lowest BCUT2D eigenvalue weighted by Crippen LogP contribution is -2.48. The summed E-state index contributed by atoms with van der Waals surface area (Å²) >= 11 is 0. The third-order valence-corrected chi connectivity index (χ3v) is 5.07. The molecule has 0 saturated heterocycles. The van der Waals surface area contributed by atoms with Gasteiger partial charge >= 0.3 is 0 Å². The summed E-state index contributed by atoms with van der Waals surface area (Å²) in [6, 6.07) is 0. The fourth-order valence-corrected chi connectivity index (χ4v) is 4.53. The van der Waals surface area contributed by atoms with Crippen molar-refractivity contribution in [3.8, 4) is 0 Å². The number of hydrogen-bond acceptors (Lipinski definition) is 5. The monoisotopic (exact) mass is 366 g/mol. The van der Waals surface area contributed by atoms with Crippen LogP contribution in [0.15, 0.2) is 0 Å². The normalized spacial score (nSPS) is 11.9. The van der Waals surface area contributed by atoms with E-state index in [0.29, 0.717) is 6.42 Å². The molecule has 0 rings (SSSR count). The Balaban J connectivity index is 6.66. The van der Waals surface area contributed by atoms with Gasteiger partial charge in [0.25, 0.3) is 0 Å². The lowest BCUT2D eigenvalue weighted by atomic mass is 9.51. The molecule has 0 fully saturated rings. The maximum absolute atomic E-state index is 12.1. The Morgan fingerprint density at radius 3 is 1.04 bits per heavy atom. The number of rotatable bonds is 14. The summed E-state index contributed by atoms with van der Waals surface area (Å²) < 4.78 is 0. The number of carbonyl (C=O) groups excluding carboxylic acids is 5. The maximum atomic E-state index is 12.1. The van der Waals surface area contributed by atoms with Crippen molar-refractivity contribution < 1.29 is 24.0 Å². The van der Waals surface area contributed by atoms with Crippen molar-refractivity contribution >= 4 is 28.9 Å². The van der Waals surface area contributed by atoms with Crippen LogP contribution in [0.4, 0.5) is 0 Å². The molecule has 0 aromatic rings. The van der Waals surface area contributed by atoms with Gasteiger partial charge in [-0.2, -0.15) is 0 Å². The molecule has 5 heteroatoms. The molecule has 0 saturated carbocycles. The average molecular weight is 366 g/mol. The summed E-state index contributed by atoms with van der Waals surface area (Å²) in [5.74, 6) is -0.605. The van der Waals surface area contributed by atoms with Crippen molar-refractivity contribution in [1.29, 1.82) is 0 Å². The molecule has 0 aliphatic heterocycles. The number of carbonyl (C=O) groups is 5. The van der Waals surface area contributed by atoms with Crippen molar-refractivity contribution in [2.45, 2.75) is 92.9 Å². The third kappa shape index (κ3) is 7.30. The van der Waals surface area contributed by atoms with Crippen LogP contribution >= 0.6 is 0 Å². The smallest absolute Gasteiger partial charge is 0.130 e. The molecule has 5 nitrogen and oxygen atoms in total. The molecule has 148 valence electrons. The van der Waals surface area contributed by atoms with E-state index in [2.05, 4.69) is 0 Å². The van der Waals surface area contributed by atoms with E-state index < -0.39 is 10.8 Å². The Morgan fingerprint density at radius 1 is 0.538 bits per heavy atom. The Bertz CT molecular complexity index is 502. The van der Waals surface area contributed by atoms with Crippen LogP contribution in [0.2, 0.25) is 0 Å². The highest BCUT2D eigenvalue weighted by Gasteiger charge is 2.53. The highest BCUT2D eigenvalue weighted by Crippen LogP contribution is 2.56. The molecule has 0 amide bonds. The van der Waals surface area contributed by atoms with Gasteiger partial charge in [-0.05, 0) is 51.9 Å². The summed E-state index contributed by atoms with van der Waals surface area (Å²) in [6.45, 7) is 9.22.